The van der Waals surface area contributed by atoms with Crippen molar-refractivity contribution in [2.45, 2.75) is 0 Å². The second kappa shape index (κ2) is 6.94. The zero-order chi connectivity index (χ0) is 17.9. The molecular weight excluding hydrogens is 340 g/mol. The van der Waals surface area contributed by atoms with Crippen molar-refractivity contribution in [2.75, 3.05) is 4.90 Å². The van der Waals surface area contributed by atoms with E-state index in [2.05, 4.69) is 17.5 Å². The number of anilines is 2. The number of hydrogen-bond donors (Lipinski definition) is 1. The summed E-state index contributed by atoms with van der Waals surface area (Å²) in [5.74, 6) is -0.220. The van der Waals surface area contributed by atoms with Gasteiger partial charge in [-0.2, -0.15) is 0 Å². The fourth-order valence-corrected chi connectivity index (χ4v) is 3.30. The van der Waals surface area contributed by atoms with Crippen LogP contribution in [0.2, 0.25) is 0 Å². The molecule has 126 valence electrons. The number of thiocarbonyl (C=S) groups is 1. The number of hydrogen-bond acceptors (Lipinski definition) is 2. The molecular formula is C22H16N2OS. The first kappa shape index (κ1) is 16.2. The van der Waals surface area contributed by atoms with Gasteiger partial charge in [0.05, 0.1) is 11.4 Å². The fraction of sp³-hybridized carbons (Fsp3) is 0. The molecule has 26 heavy (non-hydrogen) atoms. The molecule has 4 rings (SSSR count). The summed E-state index contributed by atoms with van der Waals surface area (Å²) < 4.78 is 0. The summed E-state index contributed by atoms with van der Waals surface area (Å²) in [5, 5.41) is 3.22. The molecule has 0 bridgehead atoms. The number of amides is 1. The summed E-state index contributed by atoms with van der Waals surface area (Å²) in [5.41, 5.74) is 4.53. The molecule has 4 heteroatoms. The fourth-order valence-electron chi connectivity index (χ4n) is 3.01. The number of nitrogens with one attached hydrogen (secondary N) is 1. The van der Waals surface area contributed by atoms with Crippen LogP contribution in [0.25, 0.3) is 12.2 Å². The van der Waals surface area contributed by atoms with E-state index >= 15 is 0 Å². The molecule has 1 N–H and O–H groups in total. The van der Waals surface area contributed by atoms with Crippen LogP contribution in [0.5, 0.6) is 0 Å². The topological polar surface area (TPSA) is 32.3 Å². The van der Waals surface area contributed by atoms with E-state index in [1.165, 1.54) is 0 Å². The minimum atomic E-state index is -0.220. The smallest absolute Gasteiger partial charge is 0.257 e. The first-order valence-corrected chi connectivity index (χ1v) is 8.71. The molecule has 0 fully saturated rings. The molecule has 0 saturated carbocycles. The highest BCUT2D eigenvalue weighted by molar-refractivity contribution is 7.80. The average Bonchev–Trinajstić information content (AvgIpc) is 2.85. The van der Waals surface area contributed by atoms with Crippen LogP contribution in [0.4, 0.5) is 11.4 Å². The highest BCUT2D eigenvalue weighted by atomic mass is 32.1. The molecule has 0 radical (unpaired) electrons. The highest BCUT2D eigenvalue weighted by Crippen LogP contribution is 2.36. The number of benzene rings is 3. The van der Waals surface area contributed by atoms with Crippen molar-refractivity contribution in [3.63, 3.8) is 0 Å². The van der Waals surface area contributed by atoms with Crippen molar-refractivity contribution >= 4 is 46.8 Å². The molecule has 3 nitrogen and oxygen atoms in total. The summed E-state index contributed by atoms with van der Waals surface area (Å²) in [6.07, 6.45) is 4.13. The number of fused-ring (bicyclic) bond motifs is 2. The van der Waals surface area contributed by atoms with Gasteiger partial charge in [-0.1, -0.05) is 66.7 Å². The molecule has 3 aromatic carbocycles. The van der Waals surface area contributed by atoms with E-state index in [4.69, 9.17) is 12.2 Å². The standard InChI is InChI=1S/C22H16N2OS/c25-21(18-10-2-1-3-11-18)23-22(26)24-19-12-6-4-8-16(19)14-15-17-9-5-7-13-20(17)24/h1-15H,(H,23,25,26). The average molecular weight is 356 g/mol. The Balaban J connectivity index is 1.74. The molecule has 0 spiro atoms. The Kier molecular flexibility index (Phi) is 4.33. The van der Waals surface area contributed by atoms with Crippen LogP contribution in [0.1, 0.15) is 21.5 Å². The molecule has 0 unspecified atom stereocenters. The van der Waals surface area contributed by atoms with E-state index in [9.17, 15) is 4.79 Å². The van der Waals surface area contributed by atoms with Crippen LogP contribution in [-0.2, 0) is 0 Å². The van der Waals surface area contributed by atoms with Gasteiger partial charge in [-0.3, -0.25) is 15.0 Å². The lowest BCUT2D eigenvalue weighted by atomic mass is 10.1. The van der Waals surface area contributed by atoms with Crippen molar-refractivity contribution in [3.8, 4) is 0 Å². The highest BCUT2D eigenvalue weighted by Gasteiger charge is 2.22. The van der Waals surface area contributed by atoms with Gasteiger partial charge in [0.25, 0.3) is 5.91 Å². The minimum absolute atomic E-state index is 0.220. The van der Waals surface area contributed by atoms with E-state index < -0.39 is 0 Å². The monoisotopic (exact) mass is 356 g/mol. The molecule has 1 aliphatic heterocycles. The number of para-hydroxylation sites is 2. The maximum absolute atomic E-state index is 12.6. The van der Waals surface area contributed by atoms with Crippen molar-refractivity contribution in [2.24, 2.45) is 0 Å². The maximum atomic E-state index is 12.6. The predicted octanol–water partition coefficient (Wildman–Crippen LogP) is 5.02. The van der Waals surface area contributed by atoms with Gasteiger partial charge in [-0.15, -0.1) is 0 Å². The van der Waals surface area contributed by atoms with E-state index in [-0.39, 0.29) is 5.91 Å². The zero-order valence-electron chi connectivity index (χ0n) is 13.9. The Labute approximate surface area is 157 Å². The molecule has 1 aliphatic rings. The summed E-state index contributed by atoms with van der Waals surface area (Å²) >= 11 is 5.63. The number of rotatable bonds is 1. The quantitative estimate of drug-likeness (QED) is 0.621. The van der Waals surface area contributed by atoms with Crippen molar-refractivity contribution in [3.05, 3.63) is 95.6 Å². The SMILES string of the molecule is O=C(NC(=S)N1c2ccccc2C=Cc2ccccc21)c1ccccc1. The lowest BCUT2D eigenvalue weighted by Crippen LogP contribution is -2.40. The molecule has 0 atom stereocenters. The maximum Gasteiger partial charge on any atom is 0.257 e. The van der Waals surface area contributed by atoms with Gasteiger partial charge >= 0.3 is 0 Å². The Morgan fingerprint density at radius 3 is 1.81 bits per heavy atom. The summed E-state index contributed by atoms with van der Waals surface area (Å²) in [7, 11) is 0. The van der Waals surface area contributed by atoms with Crippen LogP contribution in [0, 0.1) is 0 Å². The third-order valence-electron chi connectivity index (χ3n) is 4.26. The number of carbonyl (C=O) groups excluding carboxylic acids is 1. The van der Waals surface area contributed by atoms with Gasteiger partial charge in [0, 0.05) is 5.56 Å². The zero-order valence-corrected chi connectivity index (χ0v) is 14.7. The molecule has 1 amide bonds. The van der Waals surface area contributed by atoms with Crippen LogP contribution >= 0.6 is 12.2 Å². The molecule has 1 heterocycles. The van der Waals surface area contributed by atoms with Crippen molar-refractivity contribution in [1.29, 1.82) is 0 Å². The summed E-state index contributed by atoms with van der Waals surface area (Å²) in [6, 6.07) is 25.1. The Morgan fingerprint density at radius 2 is 1.23 bits per heavy atom. The van der Waals surface area contributed by atoms with Crippen LogP contribution in [-0.4, -0.2) is 11.0 Å². The summed E-state index contributed by atoms with van der Waals surface area (Å²) in [6.45, 7) is 0. The molecule has 3 aromatic rings. The first-order valence-electron chi connectivity index (χ1n) is 8.31. The van der Waals surface area contributed by atoms with Crippen molar-refractivity contribution in [1.82, 2.24) is 5.32 Å². The lowest BCUT2D eigenvalue weighted by molar-refractivity contribution is 0.0977. The van der Waals surface area contributed by atoms with Crippen LogP contribution in [0.15, 0.2) is 78.9 Å². The van der Waals surface area contributed by atoms with Gasteiger partial charge in [0.1, 0.15) is 0 Å². The van der Waals surface area contributed by atoms with Gasteiger partial charge < -0.3 is 0 Å². The second-order valence-electron chi connectivity index (χ2n) is 5.91. The third-order valence-corrected chi connectivity index (χ3v) is 4.54. The predicted molar refractivity (Wildman–Crippen MR) is 110 cm³/mol. The lowest BCUT2D eigenvalue weighted by Gasteiger charge is -2.27. The van der Waals surface area contributed by atoms with Gasteiger partial charge in [0.15, 0.2) is 5.11 Å². The van der Waals surface area contributed by atoms with E-state index in [0.29, 0.717) is 10.7 Å². The van der Waals surface area contributed by atoms with E-state index in [1.807, 2.05) is 71.6 Å². The molecule has 0 aliphatic carbocycles. The molecule has 0 aromatic heterocycles. The minimum Gasteiger partial charge on any atom is -0.298 e. The normalized spacial score (nSPS) is 11.9. The number of nitrogens with zero attached hydrogens (tertiary/aromatic N) is 1. The molecule has 0 saturated heterocycles. The van der Waals surface area contributed by atoms with Crippen LogP contribution in [0.3, 0.4) is 0 Å². The second-order valence-corrected chi connectivity index (χ2v) is 6.30. The Hall–Kier alpha value is -3.24. The van der Waals surface area contributed by atoms with Gasteiger partial charge in [-0.25, -0.2) is 0 Å². The summed E-state index contributed by atoms with van der Waals surface area (Å²) in [4.78, 5) is 14.5. The van der Waals surface area contributed by atoms with E-state index in [0.717, 1.165) is 22.5 Å². The Bertz CT molecular complexity index is 962. The van der Waals surface area contributed by atoms with Crippen molar-refractivity contribution < 1.29 is 4.79 Å². The first-order chi connectivity index (χ1) is 12.7. The number of carbonyl (C=O) groups is 1. The van der Waals surface area contributed by atoms with E-state index in [1.54, 1.807) is 12.1 Å². The van der Waals surface area contributed by atoms with Crippen LogP contribution < -0.4 is 10.2 Å². The third kappa shape index (κ3) is 3.03. The Morgan fingerprint density at radius 1 is 0.731 bits per heavy atom. The van der Waals surface area contributed by atoms with Gasteiger partial charge in [0.2, 0.25) is 0 Å². The largest absolute Gasteiger partial charge is 0.298 e. The van der Waals surface area contributed by atoms with Gasteiger partial charge in [-0.05, 0) is 47.6 Å².